The van der Waals surface area contributed by atoms with E-state index in [-0.39, 0.29) is 0 Å². The second kappa shape index (κ2) is 5.28. The second-order valence-corrected chi connectivity index (χ2v) is 6.05. The molecule has 2 saturated heterocycles. The van der Waals surface area contributed by atoms with Crippen LogP contribution in [-0.4, -0.2) is 37.3 Å². The van der Waals surface area contributed by atoms with Gasteiger partial charge < -0.3 is 15.0 Å². The predicted molar refractivity (Wildman–Crippen MR) is 84.6 cm³/mol. The van der Waals surface area contributed by atoms with E-state index in [0.29, 0.717) is 12.2 Å². The number of ether oxygens (including phenoxy) is 1. The standard InChI is InChI=1S/C17H21N3O/c1-18-9-12-8-17(19-16-5-3-2-4-15(12)16)20-10-13-6-7-14(11-20)21-13/h2-5,8,13-14,18H,6-7,9-11H2,1H3. The number of nitrogens with zero attached hydrogens (tertiary/aromatic N) is 2. The van der Waals surface area contributed by atoms with Gasteiger partial charge in [-0.3, -0.25) is 0 Å². The van der Waals surface area contributed by atoms with Crippen LogP contribution in [0.1, 0.15) is 18.4 Å². The Hall–Kier alpha value is -1.65. The maximum Gasteiger partial charge on any atom is 0.129 e. The van der Waals surface area contributed by atoms with Gasteiger partial charge in [0.25, 0.3) is 0 Å². The molecule has 2 aliphatic heterocycles. The van der Waals surface area contributed by atoms with Gasteiger partial charge in [0.05, 0.1) is 17.7 Å². The topological polar surface area (TPSA) is 37.4 Å². The summed E-state index contributed by atoms with van der Waals surface area (Å²) in [6, 6.07) is 10.6. The normalized spacial score (nSPS) is 24.7. The summed E-state index contributed by atoms with van der Waals surface area (Å²) in [6.07, 6.45) is 3.17. The Bertz CT molecular complexity index is 646. The molecule has 1 N–H and O–H groups in total. The van der Waals surface area contributed by atoms with E-state index in [9.17, 15) is 0 Å². The molecule has 110 valence electrons. The van der Waals surface area contributed by atoms with Crippen molar-refractivity contribution in [2.45, 2.75) is 31.6 Å². The molecule has 2 aromatic rings. The lowest BCUT2D eigenvalue weighted by atomic mass is 10.1. The maximum absolute atomic E-state index is 5.93. The van der Waals surface area contributed by atoms with Crippen LogP contribution < -0.4 is 10.2 Å². The molecule has 2 fully saturated rings. The molecule has 21 heavy (non-hydrogen) atoms. The Morgan fingerprint density at radius 2 is 2.00 bits per heavy atom. The highest BCUT2D eigenvalue weighted by atomic mass is 16.5. The van der Waals surface area contributed by atoms with Crippen molar-refractivity contribution in [2.75, 3.05) is 25.0 Å². The smallest absolute Gasteiger partial charge is 0.129 e. The summed E-state index contributed by atoms with van der Waals surface area (Å²) < 4.78 is 5.93. The van der Waals surface area contributed by atoms with Crippen LogP contribution in [0.5, 0.6) is 0 Å². The molecule has 1 aromatic carbocycles. The van der Waals surface area contributed by atoms with E-state index in [1.165, 1.54) is 23.8 Å². The van der Waals surface area contributed by atoms with Crippen molar-refractivity contribution in [3.63, 3.8) is 0 Å². The lowest BCUT2D eigenvalue weighted by molar-refractivity contribution is 0.0302. The number of benzene rings is 1. The zero-order chi connectivity index (χ0) is 14.2. The fourth-order valence-corrected chi connectivity index (χ4v) is 3.53. The van der Waals surface area contributed by atoms with Gasteiger partial charge in [-0.1, -0.05) is 18.2 Å². The van der Waals surface area contributed by atoms with Gasteiger partial charge in [0.2, 0.25) is 0 Å². The molecule has 2 atom stereocenters. The van der Waals surface area contributed by atoms with Crippen LogP contribution in [0, 0.1) is 0 Å². The van der Waals surface area contributed by atoms with E-state index in [1.54, 1.807) is 0 Å². The van der Waals surface area contributed by atoms with Gasteiger partial charge in [-0.25, -0.2) is 4.98 Å². The predicted octanol–water partition coefficient (Wildman–Crippen LogP) is 2.32. The van der Waals surface area contributed by atoms with Crippen LogP contribution in [0.15, 0.2) is 30.3 Å². The molecule has 4 rings (SSSR count). The summed E-state index contributed by atoms with van der Waals surface area (Å²) >= 11 is 0. The number of hydrogen-bond acceptors (Lipinski definition) is 4. The SMILES string of the molecule is CNCc1cc(N2CC3CCC(C2)O3)nc2ccccc12. The highest BCUT2D eigenvalue weighted by Gasteiger charge is 2.34. The number of morpholine rings is 1. The molecule has 0 aliphatic carbocycles. The largest absolute Gasteiger partial charge is 0.371 e. The van der Waals surface area contributed by atoms with Crippen LogP contribution >= 0.6 is 0 Å². The van der Waals surface area contributed by atoms with E-state index in [2.05, 4.69) is 40.5 Å². The third-order valence-corrected chi connectivity index (χ3v) is 4.52. The Morgan fingerprint density at radius 1 is 1.24 bits per heavy atom. The first-order valence-electron chi connectivity index (χ1n) is 7.77. The molecule has 1 aromatic heterocycles. The molecular weight excluding hydrogens is 262 g/mol. The summed E-state index contributed by atoms with van der Waals surface area (Å²) in [4.78, 5) is 7.28. The van der Waals surface area contributed by atoms with Crippen LogP contribution in [0.25, 0.3) is 10.9 Å². The third-order valence-electron chi connectivity index (χ3n) is 4.52. The van der Waals surface area contributed by atoms with Crippen molar-refractivity contribution in [1.29, 1.82) is 0 Å². The summed E-state index contributed by atoms with van der Waals surface area (Å²) in [5, 5.41) is 4.51. The fraction of sp³-hybridized carbons (Fsp3) is 0.471. The number of hydrogen-bond donors (Lipinski definition) is 1. The van der Waals surface area contributed by atoms with Crippen molar-refractivity contribution in [3.8, 4) is 0 Å². The quantitative estimate of drug-likeness (QED) is 0.938. The monoisotopic (exact) mass is 283 g/mol. The lowest BCUT2D eigenvalue weighted by Gasteiger charge is -2.33. The number of aromatic nitrogens is 1. The summed E-state index contributed by atoms with van der Waals surface area (Å²) in [5.41, 5.74) is 2.40. The Morgan fingerprint density at radius 3 is 2.76 bits per heavy atom. The molecule has 4 heteroatoms. The average molecular weight is 283 g/mol. The molecule has 0 saturated carbocycles. The van der Waals surface area contributed by atoms with E-state index >= 15 is 0 Å². The summed E-state index contributed by atoms with van der Waals surface area (Å²) in [6.45, 7) is 2.81. The first kappa shape index (κ1) is 13.0. The Kier molecular flexibility index (Phi) is 3.28. The van der Waals surface area contributed by atoms with Gasteiger partial charge in [0.15, 0.2) is 0 Å². The van der Waals surface area contributed by atoms with Crippen LogP contribution in [0.2, 0.25) is 0 Å². The van der Waals surface area contributed by atoms with Crippen molar-refractivity contribution in [1.82, 2.24) is 10.3 Å². The van der Waals surface area contributed by atoms with Gasteiger partial charge >= 0.3 is 0 Å². The minimum Gasteiger partial charge on any atom is -0.371 e. The zero-order valence-electron chi connectivity index (χ0n) is 12.4. The van der Waals surface area contributed by atoms with Gasteiger partial charge in [-0.05, 0) is 37.6 Å². The van der Waals surface area contributed by atoms with Gasteiger partial charge in [-0.15, -0.1) is 0 Å². The van der Waals surface area contributed by atoms with Crippen molar-refractivity contribution in [3.05, 3.63) is 35.9 Å². The number of nitrogens with one attached hydrogen (secondary N) is 1. The van der Waals surface area contributed by atoms with Crippen molar-refractivity contribution < 1.29 is 4.74 Å². The number of anilines is 1. The van der Waals surface area contributed by atoms with E-state index < -0.39 is 0 Å². The zero-order valence-corrected chi connectivity index (χ0v) is 12.4. The van der Waals surface area contributed by atoms with Crippen LogP contribution in [0.3, 0.4) is 0 Å². The minimum absolute atomic E-state index is 0.393. The fourth-order valence-electron chi connectivity index (χ4n) is 3.53. The van der Waals surface area contributed by atoms with Crippen molar-refractivity contribution >= 4 is 16.7 Å². The Balaban J connectivity index is 1.74. The van der Waals surface area contributed by atoms with E-state index in [0.717, 1.165) is 31.0 Å². The number of rotatable bonds is 3. The molecular formula is C17H21N3O. The second-order valence-electron chi connectivity index (χ2n) is 6.05. The molecule has 0 amide bonds. The summed E-state index contributed by atoms with van der Waals surface area (Å²) in [5.74, 6) is 1.10. The molecule has 2 bridgehead atoms. The molecule has 4 nitrogen and oxygen atoms in total. The first-order valence-corrected chi connectivity index (χ1v) is 7.77. The minimum atomic E-state index is 0.393. The number of fused-ring (bicyclic) bond motifs is 3. The van der Waals surface area contributed by atoms with E-state index in [1.807, 2.05) is 7.05 Å². The molecule has 3 heterocycles. The van der Waals surface area contributed by atoms with Crippen molar-refractivity contribution in [2.24, 2.45) is 0 Å². The van der Waals surface area contributed by atoms with Gasteiger partial charge in [0, 0.05) is 25.0 Å². The average Bonchev–Trinajstić information content (AvgIpc) is 2.86. The third kappa shape index (κ3) is 2.39. The molecule has 0 radical (unpaired) electrons. The number of para-hydroxylation sites is 1. The highest BCUT2D eigenvalue weighted by molar-refractivity contribution is 5.84. The van der Waals surface area contributed by atoms with Gasteiger partial charge in [0.1, 0.15) is 5.82 Å². The van der Waals surface area contributed by atoms with Crippen LogP contribution in [0.4, 0.5) is 5.82 Å². The molecule has 2 unspecified atom stereocenters. The maximum atomic E-state index is 5.93. The molecule has 2 aliphatic rings. The number of pyridine rings is 1. The summed E-state index contributed by atoms with van der Waals surface area (Å²) in [7, 11) is 1.99. The van der Waals surface area contributed by atoms with Gasteiger partial charge in [-0.2, -0.15) is 0 Å². The first-order chi connectivity index (χ1) is 10.3. The molecule has 0 spiro atoms. The Labute approximate surface area is 125 Å². The van der Waals surface area contributed by atoms with E-state index in [4.69, 9.17) is 9.72 Å². The highest BCUT2D eigenvalue weighted by Crippen LogP contribution is 2.30. The lowest BCUT2D eigenvalue weighted by Crippen LogP contribution is -2.43. The van der Waals surface area contributed by atoms with Crippen LogP contribution in [-0.2, 0) is 11.3 Å².